The highest BCUT2D eigenvalue weighted by molar-refractivity contribution is 4.93. The lowest BCUT2D eigenvalue weighted by Gasteiger charge is -2.27. The van der Waals surface area contributed by atoms with Gasteiger partial charge in [-0.1, -0.05) is 12.8 Å². The predicted molar refractivity (Wildman–Crippen MR) is 53.9 cm³/mol. The van der Waals surface area contributed by atoms with Crippen LogP contribution in [-0.4, -0.2) is 37.5 Å². The van der Waals surface area contributed by atoms with Crippen LogP contribution in [0.3, 0.4) is 0 Å². The molecular formula is C9H17N5O. The fraction of sp³-hybridized carbons (Fsp3) is 0.889. The van der Waals surface area contributed by atoms with Crippen LogP contribution in [0.2, 0.25) is 0 Å². The normalized spacial score (nSPS) is 19.6. The van der Waals surface area contributed by atoms with E-state index >= 15 is 0 Å². The second-order valence-corrected chi connectivity index (χ2v) is 4.19. The standard InChI is InChI=1S/C9H17N5O/c1-14-12-8(11-13-14)6-10-9(7-15)4-2-3-5-9/h10,15H,2-7H2,1H3. The molecule has 2 N–H and O–H groups in total. The molecule has 1 aromatic rings. The molecule has 1 aromatic heterocycles. The quantitative estimate of drug-likeness (QED) is 0.709. The van der Waals surface area contributed by atoms with E-state index in [-0.39, 0.29) is 12.1 Å². The van der Waals surface area contributed by atoms with Gasteiger partial charge in [0, 0.05) is 5.54 Å². The molecule has 0 aromatic carbocycles. The van der Waals surface area contributed by atoms with Crippen molar-refractivity contribution >= 4 is 0 Å². The zero-order valence-corrected chi connectivity index (χ0v) is 8.98. The van der Waals surface area contributed by atoms with Gasteiger partial charge in [0.1, 0.15) is 0 Å². The lowest BCUT2D eigenvalue weighted by Crippen LogP contribution is -2.45. The largest absolute Gasteiger partial charge is 0.394 e. The molecule has 0 unspecified atom stereocenters. The molecule has 15 heavy (non-hydrogen) atoms. The zero-order chi connectivity index (χ0) is 10.7. The molecule has 0 radical (unpaired) electrons. The number of nitrogens with zero attached hydrogens (tertiary/aromatic N) is 4. The number of aromatic nitrogens is 4. The van der Waals surface area contributed by atoms with Crippen LogP contribution in [0.15, 0.2) is 0 Å². The van der Waals surface area contributed by atoms with Crippen molar-refractivity contribution in [2.75, 3.05) is 6.61 Å². The Bertz CT molecular complexity index is 318. The molecule has 6 heteroatoms. The molecule has 1 fully saturated rings. The average molecular weight is 211 g/mol. The molecule has 0 saturated heterocycles. The molecule has 6 nitrogen and oxygen atoms in total. The van der Waals surface area contributed by atoms with Gasteiger partial charge < -0.3 is 10.4 Å². The third-order valence-electron chi connectivity index (χ3n) is 3.03. The summed E-state index contributed by atoms with van der Waals surface area (Å²) in [4.78, 5) is 1.44. The minimum atomic E-state index is -0.112. The summed E-state index contributed by atoms with van der Waals surface area (Å²) in [6.45, 7) is 0.766. The van der Waals surface area contributed by atoms with Crippen LogP contribution in [0, 0.1) is 0 Å². The Labute approximate surface area is 88.7 Å². The third kappa shape index (κ3) is 2.32. The molecule has 1 heterocycles. The maximum atomic E-state index is 9.38. The van der Waals surface area contributed by atoms with Crippen LogP contribution in [-0.2, 0) is 13.6 Å². The molecular weight excluding hydrogens is 194 g/mol. The van der Waals surface area contributed by atoms with Gasteiger partial charge in [-0.05, 0) is 18.1 Å². The van der Waals surface area contributed by atoms with E-state index in [2.05, 4.69) is 20.7 Å². The summed E-state index contributed by atoms with van der Waals surface area (Å²) in [6.07, 6.45) is 4.43. The molecule has 0 amide bonds. The Balaban J connectivity index is 1.91. The van der Waals surface area contributed by atoms with Crippen molar-refractivity contribution in [1.82, 2.24) is 25.5 Å². The molecule has 1 saturated carbocycles. The summed E-state index contributed by atoms with van der Waals surface area (Å²) in [5.41, 5.74) is -0.112. The predicted octanol–water partition coefficient (Wildman–Crippen LogP) is -0.395. The maximum absolute atomic E-state index is 9.38. The molecule has 0 spiro atoms. The lowest BCUT2D eigenvalue weighted by molar-refractivity contribution is 0.162. The summed E-state index contributed by atoms with van der Waals surface area (Å²) in [6, 6.07) is 0. The third-order valence-corrected chi connectivity index (χ3v) is 3.03. The van der Waals surface area contributed by atoms with E-state index < -0.39 is 0 Å². The molecule has 2 rings (SSSR count). The molecule has 84 valence electrons. The first-order valence-electron chi connectivity index (χ1n) is 5.33. The first-order valence-corrected chi connectivity index (χ1v) is 5.33. The summed E-state index contributed by atoms with van der Waals surface area (Å²) in [5, 5.41) is 24.5. The number of nitrogens with one attached hydrogen (secondary N) is 1. The molecule has 1 aliphatic carbocycles. The van der Waals surface area contributed by atoms with Crippen molar-refractivity contribution in [1.29, 1.82) is 0 Å². The van der Waals surface area contributed by atoms with Crippen molar-refractivity contribution in [2.24, 2.45) is 7.05 Å². The summed E-state index contributed by atoms with van der Waals surface area (Å²) < 4.78 is 0. The number of aliphatic hydroxyl groups is 1. The van der Waals surface area contributed by atoms with Crippen LogP contribution in [0.4, 0.5) is 0 Å². The van der Waals surface area contributed by atoms with Gasteiger partial charge in [-0.15, -0.1) is 10.2 Å². The van der Waals surface area contributed by atoms with Gasteiger partial charge in [-0.2, -0.15) is 4.80 Å². The molecule has 0 atom stereocenters. The molecule has 1 aliphatic rings. The SMILES string of the molecule is Cn1nnc(CNC2(CO)CCCC2)n1. The molecule has 0 aliphatic heterocycles. The maximum Gasteiger partial charge on any atom is 0.188 e. The highest BCUT2D eigenvalue weighted by atomic mass is 16.3. The number of hydrogen-bond donors (Lipinski definition) is 2. The number of tetrazole rings is 1. The monoisotopic (exact) mass is 211 g/mol. The summed E-state index contributed by atoms with van der Waals surface area (Å²) in [7, 11) is 1.74. The minimum absolute atomic E-state index is 0.112. The van der Waals surface area contributed by atoms with Gasteiger partial charge in [0.05, 0.1) is 20.2 Å². The van der Waals surface area contributed by atoms with Crippen LogP contribution in [0.1, 0.15) is 31.5 Å². The smallest absolute Gasteiger partial charge is 0.188 e. The number of aliphatic hydroxyl groups excluding tert-OH is 1. The van der Waals surface area contributed by atoms with Crippen LogP contribution >= 0.6 is 0 Å². The molecule has 0 bridgehead atoms. The topological polar surface area (TPSA) is 75.9 Å². The Morgan fingerprint density at radius 2 is 2.20 bits per heavy atom. The second-order valence-electron chi connectivity index (χ2n) is 4.19. The lowest BCUT2D eigenvalue weighted by atomic mass is 9.99. The van der Waals surface area contributed by atoms with Gasteiger partial charge in [-0.25, -0.2) is 0 Å². The van der Waals surface area contributed by atoms with Crippen molar-refractivity contribution in [3.63, 3.8) is 0 Å². The Morgan fingerprint density at radius 3 is 2.73 bits per heavy atom. The van der Waals surface area contributed by atoms with Crippen LogP contribution in [0.5, 0.6) is 0 Å². The average Bonchev–Trinajstić information content (AvgIpc) is 2.85. The first-order chi connectivity index (χ1) is 7.24. The van der Waals surface area contributed by atoms with Gasteiger partial charge in [0.2, 0.25) is 0 Å². The Morgan fingerprint density at radius 1 is 1.47 bits per heavy atom. The van der Waals surface area contributed by atoms with E-state index in [0.29, 0.717) is 12.4 Å². The zero-order valence-electron chi connectivity index (χ0n) is 8.98. The van der Waals surface area contributed by atoms with E-state index in [0.717, 1.165) is 12.8 Å². The number of aryl methyl sites for hydroxylation is 1. The van der Waals surface area contributed by atoms with Crippen molar-refractivity contribution in [2.45, 2.75) is 37.8 Å². The minimum Gasteiger partial charge on any atom is -0.394 e. The van der Waals surface area contributed by atoms with Gasteiger partial charge in [-0.3, -0.25) is 0 Å². The van der Waals surface area contributed by atoms with E-state index in [4.69, 9.17) is 0 Å². The van der Waals surface area contributed by atoms with Crippen LogP contribution < -0.4 is 5.32 Å². The van der Waals surface area contributed by atoms with Crippen molar-refractivity contribution < 1.29 is 5.11 Å². The van der Waals surface area contributed by atoms with Crippen LogP contribution in [0.25, 0.3) is 0 Å². The summed E-state index contributed by atoms with van der Waals surface area (Å²) in [5.74, 6) is 0.678. The second kappa shape index (κ2) is 4.24. The fourth-order valence-corrected chi connectivity index (χ4v) is 2.10. The van der Waals surface area contributed by atoms with Crippen molar-refractivity contribution in [3.05, 3.63) is 5.82 Å². The Hall–Kier alpha value is -1.01. The van der Waals surface area contributed by atoms with Crippen molar-refractivity contribution in [3.8, 4) is 0 Å². The van der Waals surface area contributed by atoms with E-state index in [9.17, 15) is 5.11 Å². The van der Waals surface area contributed by atoms with E-state index in [1.165, 1.54) is 17.6 Å². The Kier molecular flexibility index (Phi) is 2.97. The van der Waals surface area contributed by atoms with Gasteiger partial charge in [0.15, 0.2) is 5.82 Å². The highest BCUT2D eigenvalue weighted by Gasteiger charge is 2.32. The first kappa shape index (κ1) is 10.5. The highest BCUT2D eigenvalue weighted by Crippen LogP contribution is 2.29. The number of rotatable bonds is 4. The van der Waals surface area contributed by atoms with E-state index in [1.54, 1.807) is 7.05 Å². The van der Waals surface area contributed by atoms with Gasteiger partial charge in [0.25, 0.3) is 0 Å². The van der Waals surface area contributed by atoms with E-state index in [1.807, 2.05) is 0 Å². The summed E-state index contributed by atoms with van der Waals surface area (Å²) >= 11 is 0. The number of hydrogen-bond acceptors (Lipinski definition) is 5. The fourth-order valence-electron chi connectivity index (χ4n) is 2.10. The van der Waals surface area contributed by atoms with Gasteiger partial charge >= 0.3 is 0 Å².